The van der Waals surface area contributed by atoms with Crippen LogP contribution in [0.3, 0.4) is 0 Å². The zero-order valence-electron chi connectivity index (χ0n) is 15.9. The lowest BCUT2D eigenvalue weighted by atomic mass is 10.1. The number of anilines is 1. The summed E-state index contributed by atoms with van der Waals surface area (Å²) >= 11 is 0. The molecule has 0 amide bonds. The Labute approximate surface area is 173 Å². The van der Waals surface area contributed by atoms with E-state index < -0.39 is 4.92 Å². The highest BCUT2D eigenvalue weighted by molar-refractivity contribution is 5.73. The summed E-state index contributed by atoms with van der Waals surface area (Å²) in [6, 6.07) is 25.4. The molecule has 30 heavy (non-hydrogen) atoms. The van der Waals surface area contributed by atoms with Crippen molar-refractivity contribution in [3.8, 4) is 28.3 Å². The number of hydrogen-bond donors (Lipinski definition) is 1. The molecule has 0 saturated heterocycles. The third-order valence-corrected chi connectivity index (χ3v) is 4.50. The van der Waals surface area contributed by atoms with Crippen molar-refractivity contribution in [3.63, 3.8) is 0 Å². The van der Waals surface area contributed by atoms with Gasteiger partial charge in [-0.25, -0.2) is 9.97 Å². The van der Waals surface area contributed by atoms with E-state index >= 15 is 0 Å². The van der Waals surface area contributed by atoms with Crippen LogP contribution in [0.2, 0.25) is 0 Å². The van der Waals surface area contributed by atoms with Crippen LogP contribution in [0.4, 0.5) is 11.6 Å². The van der Waals surface area contributed by atoms with E-state index in [0.29, 0.717) is 29.3 Å². The first kappa shape index (κ1) is 19.1. The predicted octanol–water partition coefficient (Wildman–Crippen LogP) is 4.88. The van der Waals surface area contributed by atoms with Gasteiger partial charge in [-0.05, 0) is 23.8 Å². The summed E-state index contributed by atoms with van der Waals surface area (Å²) in [6.45, 7) is 0.413. The van der Waals surface area contributed by atoms with Crippen molar-refractivity contribution in [1.82, 2.24) is 9.97 Å². The molecule has 1 heterocycles. The fourth-order valence-electron chi connectivity index (χ4n) is 3.07. The molecular weight excluding hydrogens is 380 g/mol. The minimum atomic E-state index is -0.443. The second-order valence-corrected chi connectivity index (χ2v) is 6.57. The van der Waals surface area contributed by atoms with Crippen molar-refractivity contribution in [1.29, 1.82) is 0 Å². The first-order valence-electron chi connectivity index (χ1n) is 9.25. The Morgan fingerprint density at radius 2 is 1.60 bits per heavy atom. The van der Waals surface area contributed by atoms with Gasteiger partial charge in [0.1, 0.15) is 12.4 Å². The number of nitrogen functional groups attached to an aromatic ring is 1. The maximum absolute atomic E-state index is 11.1. The highest BCUT2D eigenvalue weighted by Gasteiger charge is 2.13. The number of ether oxygens (including phenoxy) is 1. The molecular formula is C23H18N4O3. The van der Waals surface area contributed by atoms with Crippen LogP contribution in [-0.2, 0) is 6.61 Å². The monoisotopic (exact) mass is 398 g/mol. The molecule has 0 atom stereocenters. The van der Waals surface area contributed by atoms with Gasteiger partial charge in [0.25, 0.3) is 5.69 Å². The molecule has 1 aromatic heterocycles. The lowest BCUT2D eigenvalue weighted by Gasteiger charge is -2.12. The van der Waals surface area contributed by atoms with Crippen LogP contribution in [0.15, 0.2) is 84.9 Å². The van der Waals surface area contributed by atoms with E-state index in [1.807, 2.05) is 54.6 Å². The molecule has 0 unspecified atom stereocenters. The maximum atomic E-state index is 11.1. The van der Waals surface area contributed by atoms with Crippen LogP contribution in [0.5, 0.6) is 5.75 Å². The van der Waals surface area contributed by atoms with Gasteiger partial charge in [0.2, 0.25) is 5.95 Å². The lowest BCUT2D eigenvalue weighted by molar-refractivity contribution is -0.384. The van der Waals surface area contributed by atoms with Crippen LogP contribution in [-0.4, -0.2) is 14.9 Å². The average molecular weight is 398 g/mol. The summed E-state index contributed by atoms with van der Waals surface area (Å²) in [5.41, 5.74) is 9.40. The van der Waals surface area contributed by atoms with Crippen molar-refractivity contribution in [3.05, 3.63) is 101 Å². The van der Waals surface area contributed by atoms with Crippen LogP contribution in [0.1, 0.15) is 5.56 Å². The van der Waals surface area contributed by atoms with E-state index in [4.69, 9.17) is 10.5 Å². The van der Waals surface area contributed by atoms with Gasteiger partial charge < -0.3 is 10.5 Å². The van der Waals surface area contributed by atoms with Crippen molar-refractivity contribution in [2.45, 2.75) is 6.61 Å². The molecule has 0 aliphatic heterocycles. The Hall–Kier alpha value is -4.26. The predicted molar refractivity (Wildman–Crippen MR) is 115 cm³/mol. The van der Waals surface area contributed by atoms with Crippen LogP contribution >= 0.6 is 0 Å². The smallest absolute Gasteiger partial charge is 0.270 e. The first-order valence-corrected chi connectivity index (χ1v) is 9.25. The van der Waals surface area contributed by atoms with E-state index in [1.54, 1.807) is 18.2 Å². The van der Waals surface area contributed by atoms with E-state index in [-0.39, 0.29) is 11.6 Å². The molecule has 0 aliphatic carbocycles. The number of para-hydroxylation sites is 1. The molecule has 2 N–H and O–H groups in total. The van der Waals surface area contributed by atoms with Gasteiger partial charge in [-0.15, -0.1) is 0 Å². The minimum Gasteiger partial charge on any atom is -0.488 e. The maximum Gasteiger partial charge on any atom is 0.270 e. The Morgan fingerprint density at radius 1 is 0.867 bits per heavy atom. The van der Waals surface area contributed by atoms with Crippen LogP contribution in [0.25, 0.3) is 22.5 Å². The Morgan fingerprint density at radius 3 is 2.40 bits per heavy atom. The van der Waals surface area contributed by atoms with Gasteiger partial charge in [0, 0.05) is 23.3 Å². The van der Waals surface area contributed by atoms with E-state index in [2.05, 4.69) is 9.97 Å². The molecule has 0 aliphatic rings. The molecule has 148 valence electrons. The lowest BCUT2D eigenvalue weighted by Crippen LogP contribution is -2.01. The number of rotatable bonds is 6. The number of nitro benzene ring substituents is 1. The van der Waals surface area contributed by atoms with Crippen LogP contribution in [0, 0.1) is 10.1 Å². The third-order valence-electron chi connectivity index (χ3n) is 4.50. The van der Waals surface area contributed by atoms with Gasteiger partial charge >= 0.3 is 0 Å². The SMILES string of the molecule is Nc1nc(-c2cccc([N+](=O)[O-])c2)cc(-c2ccccc2OCc2ccccc2)n1. The molecule has 4 rings (SSSR count). The van der Waals surface area contributed by atoms with Gasteiger partial charge in [-0.3, -0.25) is 10.1 Å². The summed E-state index contributed by atoms with van der Waals surface area (Å²) in [5.74, 6) is 0.733. The topological polar surface area (TPSA) is 104 Å². The number of nitro groups is 1. The summed E-state index contributed by atoms with van der Waals surface area (Å²) in [4.78, 5) is 19.3. The number of hydrogen-bond acceptors (Lipinski definition) is 6. The number of nitrogens with two attached hydrogens (primary N) is 1. The fraction of sp³-hybridized carbons (Fsp3) is 0.0435. The Balaban J connectivity index is 1.70. The highest BCUT2D eigenvalue weighted by atomic mass is 16.6. The van der Waals surface area contributed by atoms with Crippen molar-refractivity contribution < 1.29 is 9.66 Å². The van der Waals surface area contributed by atoms with Gasteiger partial charge in [-0.1, -0.05) is 54.6 Å². The second-order valence-electron chi connectivity index (χ2n) is 6.57. The fourth-order valence-corrected chi connectivity index (χ4v) is 3.07. The largest absolute Gasteiger partial charge is 0.488 e. The zero-order valence-corrected chi connectivity index (χ0v) is 15.9. The molecule has 0 fully saturated rings. The summed E-state index contributed by atoms with van der Waals surface area (Å²) in [7, 11) is 0. The summed E-state index contributed by atoms with van der Waals surface area (Å²) in [5, 5.41) is 11.1. The molecule has 0 spiro atoms. The van der Waals surface area contributed by atoms with E-state index in [1.165, 1.54) is 12.1 Å². The third kappa shape index (κ3) is 4.25. The quantitative estimate of drug-likeness (QED) is 0.367. The van der Waals surface area contributed by atoms with Crippen molar-refractivity contribution in [2.75, 3.05) is 5.73 Å². The highest BCUT2D eigenvalue weighted by Crippen LogP contribution is 2.32. The van der Waals surface area contributed by atoms with Crippen molar-refractivity contribution >= 4 is 11.6 Å². The first-order chi connectivity index (χ1) is 14.6. The van der Waals surface area contributed by atoms with Gasteiger partial charge in [0.15, 0.2) is 0 Å². The number of non-ortho nitro benzene ring substituents is 1. The average Bonchev–Trinajstić information content (AvgIpc) is 2.78. The van der Waals surface area contributed by atoms with Gasteiger partial charge in [-0.2, -0.15) is 0 Å². The Kier molecular flexibility index (Phi) is 5.34. The van der Waals surface area contributed by atoms with Crippen LogP contribution < -0.4 is 10.5 Å². The van der Waals surface area contributed by atoms with Crippen molar-refractivity contribution in [2.24, 2.45) is 0 Å². The normalized spacial score (nSPS) is 10.5. The molecule has 7 nitrogen and oxygen atoms in total. The number of benzene rings is 3. The summed E-state index contributed by atoms with van der Waals surface area (Å²) < 4.78 is 6.02. The number of nitrogens with zero attached hydrogens (tertiary/aromatic N) is 3. The molecule has 0 saturated carbocycles. The van der Waals surface area contributed by atoms with E-state index in [0.717, 1.165) is 11.1 Å². The molecule has 0 bridgehead atoms. The Bertz CT molecular complexity index is 1200. The molecule has 3 aromatic carbocycles. The standard InChI is InChI=1S/C23H18N4O3/c24-23-25-20(17-9-6-10-18(13-17)27(28)29)14-21(26-23)19-11-4-5-12-22(19)30-15-16-7-2-1-3-8-16/h1-14H,15H2,(H2,24,25,26). The van der Waals surface area contributed by atoms with Gasteiger partial charge in [0.05, 0.1) is 16.3 Å². The summed E-state index contributed by atoms with van der Waals surface area (Å²) in [6.07, 6.45) is 0. The second kappa shape index (κ2) is 8.40. The minimum absolute atomic E-state index is 0.0159. The molecule has 7 heteroatoms. The zero-order chi connectivity index (χ0) is 20.9. The molecule has 4 aromatic rings. The number of aromatic nitrogens is 2. The van der Waals surface area contributed by atoms with E-state index in [9.17, 15) is 10.1 Å². The molecule has 0 radical (unpaired) electrons.